The summed E-state index contributed by atoms with van der Waals surface area (Å²) in [6.45, 7) is 0. The van der Waals surface area contributed by atoms with Gasteiger partial charge in [-0.1, -0.05) is 12.1 Å². The first-order valence-electron chi connectivity index (χ1n) is 9.21. The van der Waals surface area contributed by atoms with Gasteiger partial charge < -0.3 is 9.47 Å². The summed E-state index contributed by atoms with van der Waals surface area (Å²) < 4.78 is 38.0. The third kappa shape index (κ3) is 5.32. The van der Waals surface area contributed by atoms with Crippen molar-refractivity contribution in [3.05, 3.63) is 82.4 Å². The molecule has 3 aromatic carbocycles. The molecule has 0 heterocycles. The first-order chi connectivity index (χ1) is 15.3. The van der Waals surface area contributed by atoms with E-state index in [0.717, 1.165) is 6.07 Å². The summed E-state index contributed by atoms with van der Waals surface area (Å²) in [6.07, 6.45) is 1.44. The molecule has 0 aliphatic rings. The summed E-state index contributed by atoms with van der Waals surface area (Å²) in [6, 6.07) is 16.8. The van der Waals surface area contributed by atoms with Crippen molar-refractivity contribution in [1.82, 2.24) is 0 Å². The number of para-hydroxylation sites is 1. The Bertz CT molecular complexity index is 1240. The number of rotatable bonds is 9. The molecule has 0 aliphatic carbocycles. The molecule has 2 N–H and O–H groups in total. The fourth-order valence-corrected chi connectivity index (χ4v) is 3.82. The maximum atomic E-state index is 12.7. The van der Waals surface area contributed by atoms with E-state index in [1.54, 1.807) is 36.4 Å². The van der Waals surface area contributed by atoms with Crippen LogP contribution in [0.25, 0.3) is 0 Å². The molecular formula is C21H20N4O6S. The van der Waals surface area contributed by atoms with E-state index >= 15 is 0 Å². The average Bonchev–Trinajstić information content (AvgIpc) is 2.79. The van der Waals surface area contributed by atoms with Crippen LogP contribution in [0, 0.1) is 10.1 Å². The molecule has 166 valence electrons. The summed E-state index contributed by atoms with van der Waals surface area (Å²) in [5.41, 5.74) is 3.12. The van der Waals surface area contributed by atoms with Crippen LogP contribution in [0.2, 0.25) is 0 Å². The minimum atomic E-state index is -4.06. The number of ether oxygens (including phenoxy) is 2. The van der Waals surface area contributed by atoms with E-state index in [9.17, 15) is 18.5 Å². The van der Waals surface area contributed by atoms with Gasteiger partial charge in [0.05, 0.1) is 30.3 Å². The van der Waals surface area contributed by atoms with Gasteiger partial charge in [-0.05, 0) is 48.5 Å². The van der Waals surface area contributed by atoms with Crippen molar-refractivity contribution in [2.45, 2.75) is 4.90 Å². The third-order valence-electron chi connectivity index (χ3n) is 4.35. The Morgan fingerprint density at radius 2 is 1.72 bits per heavy atom. The Balaban J connectivity index is 1.83. The van der Waals surface area contributed by atoms with Crippen LogP contribution in [0.4, 0.5) is 17.1 Å². The Hall–Kier alpha value is -4.12. The van der Waals surface area contributed by atoms with Gasteiger partial charge in [0.15, 0.2) is 0 Å². The zero-order valence-corrected chi connectivity index (χ0v) is 18.0. The lowest BCUT2D eigenvalue weighted by Gasteiger charge is -2.10. The van der Waals surface area contributed by atoms with Crippen LogP contribution < -0.4 is 19.6 Å². The fraction of sp³-hybridized carbons (Fsp3) is 0.0952. The van der Waals surface area contributed by atoms with Gasteiger partial charge >= 0.3 is 0 Å². The Labute approximate surface area is 184 Å². The number of benzene rings is 3. The summed E-state index contributed by atoms with van der Waals surface area (Å²) in [7, 11) is -1.04. The molecule has 0 saturated carbocycles. The number of hydrazone groups is 1. The van der Waals surface area contributed by atoms with Crippen LogP contribution in [0.5, 0.6) is 11.5 Å². The van der Waals surface area contributed by atoms with Gasteiger partial charge in [-0.25, -0.2) is 8.42 Å². The number of anilines is 2. The molecule has 0 bridgehead atoms. The maximum Gasteiger partial charge on any atom is 0.295 e. The van der Waals surface area contributed by atoms with Crippen LogP contribution in [0.3, 0.4) is 0 Å². The molecule has 0 aliphatic heterocycles. The van der Waals surface area contributed by atoms with Crippen molar-refractivity contribution in [2.75, 3.05) is 24.4 Å². The minimum absolute atomic E-state index is 0.0320. The van der Waals surface area contributed by atoms with E-state index in [0.29, 0.717) is 17.1 Å². The fourth-order valence-electron chi connectivity index (χ4n) is 2.74. The third-order valence-corrected chi connectivity index (χ3v) is 5.72. The van der Waals surface area contributed by atoms with Crippen LogP contribution in [-0.4, -0.2) is 33.8 Å². The molecule has 0 atom stereocenters. The van der Waals surface area contributed by atoms with Crippen LogP contribution in [0.15, 0.2) is 76.7 Å². The molecule has 0 aromatic heterocycles. The summed E-state index contributed by atoms with van der Waals surface area (Å²) in [5.74, 6) is 1.14. The number of nitro benzene ring substituents is 1. The number of nitro groups is 1. The van der Waals surface area contributed by atoms with E-state index in [2.05, 4.69) is 15.2 Å². The smallest absolute Gasteiger partial charge is 0.295 e. The van der Waals surface area contributed by atoms with E-state index in [1.165, 1.54) is 44.7 Å². The number of nitrogens with zero attached hydrogens (tertiary/aromatic N) is 2. The monoisotopic (exact) mass is 456 g/mol. The lowest BCUT2D eigenvalue weighted by atomic mass is 10.2. The zero-order chi connectivity index (χ0) is 23.1. The molecule has 0 radical (unpaired) electrons. The van der Waals surface area contributed by atoms with Crippen molar-refractivity contribution < 1.29 is 22.8 Å². The van der Waals surface area contributed by atoms with Crippen LogP contribution >= 0.6 is 0 Å². The highest BCUT2D eigenvalue weighted by molar-refractivity contribution is 7.92. The van der Waals surface area contributed by atoms with Crippen molar-refractivity contribution in [2.24, 2.45) is 5.10 Å². The molecule has 3 rings (SSSR count). The molecule has 10 nitrogen and oxygen atoms in total. The second-order valence-electron chi connectivity index (χ2n) is 6.38. The van der Waals surface area contributed by atoms with Gasteiger partial charge in [0.1, 0.15) is 17.2 Å². The van der Waals surface area contributed by atoms with Gasteiger partial charge in [-0.3, -0.25) is 20.3 Å². The molecule has 0 saturated heterocycles. The Morgan fingerprint density at radius 3 is 2.38 bits per heavy atom. The SMILES string of the molecule is COc1ccc(NS(=O)(=O)c2ccc(NN=Cc3ccccc3OC)c([N+](=O)[O-])c2)cc1. The molecular weight excluding hydrogens is 436 g/mol. The number of hydrogen-bond acceptors (Lipinski definition) is 8. The van der Waals surface area contributed by atoms with Gasteiger partial charge in [0, 0.05) is 17.3 Å². The van der Waals surface area contributed by atoms with E-state index < -0.39 is 20.6 Å². The summed E-state index contributed by atoms with van der Waals surface area (Å²) in [4.78, 5) is 10.6. The highest BCUT2D eigenvalue weighted by Gasteiger charge is 2.21. The first-order valence-corrected chi connectivity index (χ1v) is 10.7. The van der Waals surface area contributed by atoms with E-state index in [4.69, 9.17) is 9.47 Å². The summed E-state index contributed by atoms with van der Waals surface area (Å²) >= 11 is 0. The molecule has 0 unspecified atom stereocenters. The number of hydrogen-bond donors (Lipinski definition) is 2. The van der Waals surface area contributed by atoms with Crippen molar-refractivity contribution in [3.8, 4) is 11.5 Å². The van der Waals surface area contributed by atoms with E-state index in [-0.39, 0.29) is 16.3 Å². The molecule has 0 fully saturated rings. The topological polar surface area (TPSA) is 132 Å². The number of sulfonamides is 1. The average molecular weight is 456 g/mol. The quantitative estimate of drug-likeness (QED) is 0.284. The molecule has 32 heavy (non-hydrogen) atoms. The van der Waals surface area contributed by atoms with Gasteiger partial charge in [-0.2, -0.15) is 5.10 Å². The molecule has 11 heteroatoms. The summed E-state index contributed by atoms with van der Waals surface area (Å²) in [5, 5.41) is 15.5. The van der Waals surface area contributed by atoms with E-state index in [1.807, 2.05) is 0 Å². The highest BCUT2D eigenvalue weighted by atomic mass is 32.2. The predicted octanol–water partition coefficient (Wildman–Crippen LogP) is 3.86. The Morgan fingerprint density at radius 1 is 1.00 bits per heavy atom. The van der Waals surface area contributed by atoms with Gasteiger partial charge in [0.25, 0.3) is 15.7 Å². The predicted molar refractivity (Wildman–Crippen MR) is 121 cm³/mol. The molecule has 3 aromatic rings. The first kappa shape index (κ1) is 22.6. The lowest BCUT2D eigenvalue weighted by Crippen LogP contribution is -2.13. The second kappa shape index (κ2) is 9.79. The van der Waals surface area contributed by atoms with Crippen LogP contribution in [0.1, 0.15) is 5.56 Å². The lowest BCUT2D eigenvalue weighted by molar-refractivity contribution is -0.384. The van der Waals surface area contributed by atoms with Crippen LogP contribution in [-0.2, 0) is 10.0 Å². The normalized spacial score (nSPS) is 11.2. The minimum Gasteiger partial charge on any atom is -0.497 e. The largest absolute Gasteiger partial charge is 0.497 e. The zero-order valence-electron chi connectivity index (χ0n) is 17.2. The molecule has 0 spiro atoms. The highest BCUT2D eigenvalue weighted by Crippen LogP contribution is 2.29. The molecule has 0 amide bonds. The second-order valence-corrected chi connectivity index (χ2v) is 8.06. The van der Waals surface area contributed by atoms with Gasteiger partial charge in [0.2, 0.25) is 0 Å². The van der Waals surface area contributed by atoms with Crippen molar-refractivity contribution in [1.29, 1.82) is 0 Å². The maximum absolute atomic E-state index is 12.7. The number of methoxy groups -OCH3 is 2. The van der Waals surface area contributed by atoms with Crippen molar-refractivity contribution in [3.63, 3.8) is 0 Å². The Kier molecular flexibility index (Phi) is 6.90. The van der Waals surface area contributed by atoms with Gasteiger partial charge in [-0.15, -0.1) is 0 Å². The van der Waals surface area contributed by atoms with Crippen molar-refractivity contribution >= 4 is 33.3 Å². The standard InChI is InChI=1S/C21H20N4O6S/c1-30-17-9-7-16(8-10-17)24-32(28,29)18-11-12-19(20(13-18)25(26)27)23-22-14-15-5-3-4-6-21(15)31-2/h3-14,23-24H,1-2H3. The number of nitrogens with one attached hydrogen (secondary N) is 2.